The molecule has 1 saturated heterocycles. The number of amides is 1. The van der Waals surface area contributed by atoms with Crippen LogP contribution < -0.4 is 5.32 Å². The number of pyridine rings is 1. The fourth-order valence-electron chi connectivity index (χ4n) is 1.83. The summed E-state index contributed by atoms with van der Waals surface area (Å²) in [4.78, 5) is 16.0. The maximum Gasteiger partial charge on any atom is 0.254 e. The molecule has 1 unspecified atom stereocenters. The zero-order chi connectivity index (χ0) is 12.1. The molecule has 0 aliphatic carbocycles. The Labute approximate surface area is 114 Å². The average Bonchev–Trinajstić information content (AvgIpc) is 2.38. The minimum atomic E-state index is -0.0452. The van der Waals surface area contributed by atoms with E-state index in [1.54, 1.807) is 18.3 Å². The Hall–Kier alpha value is -0.550. The molecule has 1 aromatic rings. The summed E-state index contributed by atoms with van der Waals surface area (Å²) in [7, 11) is 0. The van der Waals surface area contributed by atoms with Crippen molar-refractivity contribution in [2.24, 2.45) is 0 Å². The van der Waals surface area contributed by atoms with Gasteiger partial charge in [-0.25, -0.2) is 4.98 Å². The Kier molecular flexibility index (Phi) is 4.86. The van der Waals surface area contributed by atoms with Crippen LogP contribution in [0, 0.1) is 0 Å². The lowest BCUT2D eigenvalue weighted by Gasteiger charge is -2.21. The fraction of sp³-hybridized carbons (Fsp3) is 0.500. The molecule has 2 rings (SSSR count). The fourth-order valence-corrected chi connectivity index (χ4v) is 3.49. The van der Waals surface area contributed by atoms with E-state index in [1.807, 2.05) is 11.8 Å². The number of nitrogens with one attached hydrogen (secondary N) is 1. The van der Waals surface area contributed by atoms with Crippen LogP contribution in [0.15, 0.2) is 22.9 Å². The van der Waals surface area contributed by atoms with Gasteiger partial charge in [-0.2, -0.15) is 11.8 Å². The Bertz CT molecular complexity index is 394. The molecule has 3 nitrogen and oxygen atoms in total. The maximum atomic E-state index is 11.9. The van der Waals surface area contributed by atoms with Crippen molar-refractivity contribution in [1.29, 1.82) is 0 Å². The third-order valence-corrected chi connectivity index (χ3v) is 4.80. The van der Waals surface area contributed by atoms with Gasteiger partial charge < -0.3 is 5.32 Å². The van der Waals surface area contributed by atoms with Crippen LogP contribution in [0.4, 0.5) is 0 Å². The molecule has 0 spiro atoms. The summed E-state index contributed by atoms with van der Waals surface area (Å²) in [5.41, 5.74) is 0.605. The number of thioether (sulfide) groups is 1. The van der Waals surface area contributed by atoms with Crippen LogP contribution in [-0.2, 0) is 0 Å². The van der Waals surface area contributed by atoms with Crippen molar-refractivity contribution in [2.75, 3.05) is 12.3 Å². The Morgan fingerprint density at radius 3 is 3.18 bits per heavy atom. The number of hydrogen-bond acceptors (Lipinski definition) is 3. The molecule has 1 atom stereocenters. The second kappa shape index (κ2) is 6.40. The van der Waals surface area contributed by atoms with Gasteiger partial charge >= 0.3 is 0 Å². The lowest BCUT2D eigenvalue weighted by atomic mass is 10.2. The van der Waals surface area contributed by atoms with Gasteiger partial charge in [0, 0.05) is 18.0 Å². The summed E-state index contributed by atoms with van der Waals surface area (Å²) in [6, 6.07) is 3.55. The van der Waals surface area contributed by atoms with E-state index < -0.39 is 0 Å². The summed E-state index contributed by atoms with van der Waals surface area (Å²) in [6.07, 6.45) is 5.46. The quantitative estimate of drug-likeness (QED) is 0.872. The van der Waals surface area contributed by atoms with Crippen LogP contribution >= 0.6 is 27.7 Å². The van der Waals surface area contributed by atoms with Gasteiger partial charge in [-0.3, -0.25) is 4.79 Å². The molecule has 5 heteroatoms. The smallest absolute Gasteiger partial charge is 0.254 e. The molecule has 1 aromatic heterocycles. The van der Waals surface area contributed by atoms with Crippen molar-refractivity contribution in [3.05, 3.63) is 28.5 Å². The Balaban J connectivity index is 1.87. The molecule has 1 N–H and O–H groups in total. The Morgan fingerprint density at radius 1 is 1.59 bits per heavy atom. The molecule has 0 bridgehead atoms. The number of carbonyl (C=O) groups excluding carboxylic acids is 1. The SMILES string of the molecule is O=C(NCC1CCCCS1)c1cccnc1Br. The van der Waals surface area contributed by atoms with Gasteiger partial charge in [0.1, 0.15) is 4.60 Å². The largest absolute Gasteiger partial charge is 0.351 e. The summed E-state index contributed by atoms with van der Waals surface area (Å²) < 4.78 is 0.605. The predicted octanol–water partition coefficient (Wildman–Crippen LogP) is 2.86. The molecular weight excluding hydrogens is 300 g/mol. The molecule has 2 heterocycles. The zero-order valence-corrected chi connectivity index (χ0v) is 11.9. The molecule has 1 aliphatic rings. The van der Waals surface area contributed by atoms with Gasteiger partial charge in [0.15, 0.2) is 0 Å². The minimum absolute atomic E-state index is 0.0452. The second-order valence-corrected chi connectivity index (χ2v) is 6.20. The molecule has 0 saturated carbocycles. The molecule has 0 radical (unpaired) electrons. The predicted molar refractivity (Wildman–Crippen MR) is 74.4 cm³/mol. The van der Waals surface area contributed by atoms with Crippen LogP contribution in [0.2, 0.25) is 0 Å². The van der Waals surface area contributed by atoms with Crippen molar-refractivity contribution < 1.29 is 4.79 Å². The number of aromatic nitrogens is 1. The van der Waals surface area contributed by atoms with E-state index in [4.69, 9.17) is 0 Å². The van der Waals surface area contributed by atoms with Gasteiger partial charge in [-0.1, -0.05) is 6.42 Å². The van der Waals surface area contributed by atoms with Crippen LogP contribution in [0.5, 0.6) is 0 Å². The highest BCUT2D eigenvalue weighted by Crippen LogP contribution is 2.24. The number of halogens is 1. The molecule has 1 amide bonds. The Morgan fingerprint density at radius 2 is 2.47 bits per heavy atom. The van der Waals surface area contributed by atoms with E-state index in [-0.39, 0.29) is 5.91 Å². The molecule has 1 fully saturated rings. The normalized spacial score (nSPS) is 19.9. The summed E-state index contributed by atoms with van der Waals surface area (Å²) in [6.45, 7) is 0.755. The van der Waals surface area contributed by atoms with Gasteiger partial charge in [0.05, 0.1) is 5.56 Å². The number of hydrogen-bond donors (Lipinski definition) is 1. The first-order valence-electron chi connectivity index (χ1n) is 5.77. The van der Waals surface area contributed by atoms with E-state index in [9.17, 15) is 4.79 Å². The number of carbonyl (C=O) groups is 1. The summed E-state index contributed by atoms with van der Waals surface area (Å²) in [5, 5.41) is 3.55. The van der Waals surface area contributed by atoms with E-state index in [0.717, 1.165) is 6.54 Å². The topological polar surface area (TPSA) is 42.0 Å². The minimum Gasteiger partial charge on any atom is -0.351 e. The van der Waals surface area contributed by atoms with E-state index in [0.29, 0.717) is 15.4 Å². The third-order valence-electron chi connectivity index (χ3n) is 2.77. The highest BCUT2D eigenvalue weighted by atomic mass is 79.9. The van der Waals surface area contributed by atoms with Gasteiger partial charge in [0.2, 0.25) is 0 Å². The highest BCUT2D eigenvalue weighted by Gasteiger charge is 2.16. The lowest BCUT2D eigenvalue weighted by molar-refractivity contribution is 0.0952. The van der Waals surface area contributed by atoms with Crippen molar-refractivity contribution >= 4 is 33.6 Å². The standard InChI is InChI=1S/C12H15BrN2OS/c13-11-10(5-3-6-14-11)12(16)15-8-9-4-1-2-7-17-9/h3,5-6,9H,1-2,4,7-8H2,(H,15,16). The number of rotatable bonds is 3. The van der Waals surface area contributed by atoms with Gasteiger partial charge in [-0.05, 0) is 46.7 Å². The first-order chi connectivity index (χ1) is 8.27. The summed E-state index contributed by atoms with van der Waals surface area (Å²) >= 11 is 5.25. The van der Waals surface area contributed by atoms with Crippen molar-refractivity contribution in [3.63, 3.8) is 0 Å². The third kappa shape index (κ3) is 3.71. The molecule has 92 valence electrons. The molecule has 1 aliphatic heterocycles. The van der Waals surface area contributed by atoms with Crippen molar-refractivity contribution in [2.45, 2.75) is 24.5 Å². The summed E-state index contributed by atoms with van der Waals surface area (Å²) in [5.74, 6) is 1.17. The zero-order valence-electron chi connectivity index (χ0n) is 9.49. The van der Waals surface area contributed by atoms with Crippen LogP contribution in [0.3, 0.4) is 0 Å². The lowest BCUT2D eigenvalue weighted by Crippen LogP contribution is -2.32. The van der Waals surface area contributed by atoms with E-state index >= 15 is 0 Å². The van der Waals surface area contributed by atoms with Gasteiger partial charge in [-0.15, -0.1) is 0 Å². The van der Waals surface area contributed by atoms with Crippen molar-refractivity contribution in [1.82, 2.24) is 10.3 Å². The molecule has 17 heavy (non-hydrogen) atoms. The second-order valence-electron chi connectivity index (χ2n) is 4.04. The molecule has 0 aromatic carbocycles. The van der Waals surface area contributed by atoms with Crippen LogP contribution in [-0.4, -0.2) is 28.4 Å². The first kappa shape index (κ1) is 12.9. The number of nitrogens with zero attached hydrogens (tertiary/aromatic N) is 1. The highest BCUT2D eigenvalue weighted by molar-refractivity contribution is 9.10. The van der Waals surface area contributed by atoms with Crippen LogP contribution in [0.1, 0.15) is 29.6 Å². The maximum absolute atomic E-state index is 11.9. The molecular formula is C12H15BrN2OS. The monoisotopic (exact) mass is 314 g/mol. The average molecular weight is 315 g/mol. The van der Waals surface area contributed by atoms with E-state index in [1.165, 1.54) is 25.0 Å². The van der Waals surface area contributed by atoms with Crippen molar-refractivity contribution in [3.8, 4) is 0 Å². The van der Waals surface area contributed by atoms with E-state index in [2.05, 4.69) is 26.2 Å². The first-order valence-corrected chi connectivity index (χ1v) is 7.62. The van der Waals surface area contributed by atoms with Crippen LogP contribution in [0.25, 0.3) is 0 Å². The van der Waals surface area contributed by atoms with Gasteiger partial charge in [0.25, 0.3) is 5.91 Å².